The molecule has 0 aromatic heterocycles. The van der Waals surface area contributed by atoms with Gasteiger partial charge in [-0.3, -0.25) is 10.2 Å². The number of rotatable bonds is 4. The molecule has 1 aliphatic heterocycles. The molecule has 2 rings (SSSR count). The zero-order valence-electron chi connectivity index (χ0n) is 9.93. The van der Waals surface area contributed by atoms with Gasteiger partial charge >= 0.3 is 0 Å². The standard InChI is InChI=1S/C11H13BrN2O4S/c12-8-4-1-2-6-10(8)19(16,17)14-13-11(15)9-5-3-7-18-9/h1-2,4,6,9,14H,3,5,7H2,(H,13,15). The van der Waals surface area contributed by atoms with Gasteiger partial charge < -0.3 is 4.74 Å². The third-order valence-corrected chi connectivity index (χ3v) is 4.92. The van der Waals surface area contributed by atoms with Crippen LogP contribution in [0.1, 0.15) is 12.8 Å². The summed E-state index contributed by atoms with van der Waals surface area (Å²) < 4.78 is 29.5. The van der Waals surface area contributed by atoms with Crippen LogP contribution < -0.4 is 10.3 Å². The van der Waals surface area contributed by atoms with E-state index in [9.17, 15) is 13.2 Å². The van der Waals surface area contributed by atoms with Gasteiger partial charge in [-0.05, 0) is 40.9 Å². The van der Waals surface area contributed by atoms with E-state index in [2.05, 4.69) is 26.2 Å². The summed E-state index contributed by atoms with van der Waals surface area (Å²) in [6, 6.07) is 6.34. The van der Waals surface area contributed by atoms with E-state index in [1.165, 1.54) is 6.07 Å². The van der Waals surface area contributed by atoms with Crippen molar-refractivity contribution in [2.75, 3.05) is 6.61 Å². The number of amides is 1. The Balaban J connectivity index is 2.02. The lowest BCUT2D eigenvalue weighted by atomic mass is 10.2. The molecule has 1 heterocycles. The van der Waals surface area contributed by atoms with Crippen LogP contribution in [0.4, 0.5) is 0 Å². The fourth-order valence-corrected chi connectivity index (χ4v) is 3.55. The fraction of sp³-hybridized carbons (Fsp3) is 0.364. The van der Waals surface area contributed by atoms with E-state index in [-0.39, 0.29) is 4.90 Å². The highest BCUT2D eigenvalue weighted by Gasteiger charge is 2.25. The minimum absolute atomic E-state index is 0.0580. The molecular formula is C11H13BrN2O4S. The molecule has 1 aromatic rings. The Morgan fingerprint density at radius 3 is 2.74 bits per heavy atom. The van der Waals surface area contributed by atoms with Crippen molar-refractivity contribution in [3.8, 4) is 0 Å². The van der Waals surface area contributed by atoms with E-state index in [4.69, 9.17) is 4.74 Å². The number of carbonyl (C=O) groups is 1. The van der Waals surface area contributed by atoms with Crippen LogP contribution in [0, 0.1) is 0 Å². The van der Waals surface area contributed by atoms with Crippen LogP contribution in [-0.2, 0) is 19.6 Å². The van der Waals surface area contributed by atoms with Gasteiger partial charge in [0, 0.05) is 11.1 Å². The first kappa shape index (κ1) is 14.4. The van der Waals surface area contributed by atoms with Crippen molar-refractivity contribution in [2.45, 2.75) is 23.8 Å². The van der Waals surface area contributed by atoms with Crippen LogP contribution in [0.15, 0.2) is 33.6 Å². The van der Waals surface area contributed by atoms with Crippen molar-refractivity contribution in [2.24, 2.45) is 0 Å². The van der Waals surface area contributed by atoms with Gasteiger partial charge in [-0.15, -0.1) is 4.83 Å². The molecule has 1 aromatic carbocycles. The zero-order valence-corrected chi connectivity index (χ0v) is 12.3. The first-order chi connectivity index (χ1) is 9.00. The van der Waals surface area contributed by atoms with E-state index in [1.807, 2.05) is 0 Å². The smallest absolute Gasteiger partial charge is 0.264 e. The normalized spacial score (nSPS) is 19.3. The minimum Gasteiger partial charge on any atom is -0.368 e. The number of hydrogen-bond donors (Lipinski definition) is 2. The van der Waals surface area contributed by atoms with Crippen molar-refractivity contribution >= 4 is 31.9 Å². The molecule has 2 N–H and O–H groups in total. The highest BCUT2D eigenvalue weighted by molar-refractivity contribution is 9.10. The number of ether oxygens (including phenoxy) is 1. The van der Waals surface area contributed by atoms with Gasteiger partial charge in [0.05, 0.1) is 4.90 Å². The quantitative estimate of drug-likeness (QED) is 0.793. The maximum absolute atomic E-state index is 12.0. The molecule has 1 unspecified atom stereocenters. The molecule has 1 atom stereocenters. The SMILES string of the molecule is O=C(NNS(=O)(=O)c1ccccc1Br)C1CCCO1. The minimum atomic E-state index is -3.80. The van der Waals surface area contributed by atoms with Crippen molar-refractivity contribution in [1.29, 1.82) is 0 Å². The van der Waals surface area contributed by atoms with Gasteiger partial charge in [0.1, 0.15) is 6.10 Å². The summed E-state index contributed by atoms with van der Waals surface area (Å²) in [5.74, 6) is -0.479. The number of benzene rings is 1. The molecule has 0 bridgehead atoms. The second kappa shape index (κ2) is 6.00. The Bertz CT molecular complexity index is 570. The molecule has 1 saturated heterocycles. The predicted molar refractivity (Wildman–Crippen MR) is 71.6 cm³/mol. The van der Waals surface area contributed by atoms with E-state index < -0.39 is 22.0 Å². The Labute approximate surface area is 119 Å². The number of sulfonamides is 1. The van der Waals surface area contributed by atoms with Crippen LogP contribution in [-0.4, -0.2) is 27.0 Å². The van der Waals surface area contributed by atoms with Gasteiger partial charge in [0.2, 0.25) is 0 Å². The monoisotopic (exact) mass is 348 g/mol. The van der Waals surface area contributed by atoms with Gasteiger partial charge in [-0.25, -0.2) is 8.42 Å². The first-order valence-corrected chi connectivity index (χ1v) is 7.96. The molecule has 0 spiro atoms. The van der Waals surface area contributed by atoms with Gasteiger partial charge in [-0.1, -0.05) is 12.1 Å². The van der Waals surface area contributed by atoms with E-state index in [0.29, 0.717) is 17.5 Å². The van der Waals surface area contributed by atoms with Crippen LogP contribution in [0.2, 0.25) is 0 Å². The highest BCUT2D eigenvalue weighted by Crippen LogP contribution is 2.20. The van der Waals surface area contributed by atoms with Crippen molar-refractivity contribution in [1.82, 2.24) is 10.3 Å². The summed E-state index contributed by atoms with van der Waals surface area (Å²) in [6.07, 6.45) is 0.819. The van der Waals surface area contributed by atoms with Gasteiger partial charge in [0.25, 0.3) is 15.9 Å². The summed E-state index contributed by atoms with van der Waals surface area (Å²) in [7, 11) is -3.80. The van der Waals surface area contributed by atoms with Crippen molar-refractivity contribution in [3.05, 3.63) is 28.7 Å². The Morgan fingerprint density at radius 2 is 2.11 bits per heavy atom. The Hall–Kier alpha value is -0.960. The molecule has 19 heavy (non-hydrogen) atoms. The van der Waals surface area contributed by atoms with E-state index >= 15 is 0 Å². The highest BCUT2D eigenvalue weighted by atomic mass is 79.9. The molecule has 0 aliphatic carbocycles. The summed E-state index contributed by atoms with van der Waals surface area (Å²) in [6.45, 7) is 0.523. The lowest BCUT2D eigenvalue weighted by molar-refractivity contribution is -0.130. The number of hydrazine groups is 1. The topological polar surface area (TPSA) is 84.5 Å². The molecule has 0 saturated carbocycles. The largest absolute Gasteiger partial charge is 0.368 e. The summed E-state index contributed by atoms with van der Waals surface area (Å²) in [5, 5.41) is 0. The first-order valence-electron chi connectivity index (χ1n) is 5.68. The summed E-state index contributed by atoms with van der Waals surface area (Å²) in [4.78, 5) is 13.7. The molecule has 1 aliphatic rings. The maximum atomic E-state index is 12.0. The van der Waals surface area contributed by atoms with Crippen LogP contribution >= 0.6 is 15.9 Å². The average Bonchev–Trinajstić information content (AvgIpc) is 2.90. The number of halogens is 1. The number of nitrogens with one attached hydrogen (secondary N) is 2. The van der Waals surface area contributed by atoms with Crippen LogP contribution in [0.25, 0.3) is 0 Å². The van der Waals surface area contributed by atoms with Gasteiger partial charge in [0.15, 0.2) is 0 Å². The molecular weight excluding hydrogens is 336 g/mol. The predicted octanol–water partition coefficient (Wildman–Crippen LogP) is 0.938. The molecule has 1 fully saturated rings. The maximum Gasteiger partial charge on any atom is 0.264 e. The second-order valence-electron chi connectivity index (χ2n) is 4.03. The van der Waals surface area contributed by atoms with Gasteiger partial charge in [-0.2, -0.15) is 0 Å². The summed E-state index contributed by atoms with van der Waals surface area (Å²) >= 11 is 3.15. The van der Waals surface area contributed by atoms with Crippen LogP contribution in [0.3, 0.4) is 0 Å². The second-order valence-corrected chi connectivity index (χ2v) is 6.53. The third-order valence-electron chi connectivity index (χ3n) is 2.66. The number of hydrogen-bond acceptors (Lipinski definition) is 4. The Morgan fingerprint density at radius 1 is 1.37 bits per heavy atom. The average molecular weight is 349 g/mol. The van der Waals surface area contributed by atoms with Crippen molar-refractivity contribution in [3.63, 3.8) is 0 Å². The molecule has 0 radical (unpaired) electrons. The lowest BCUT2D eigenvalue weighted by Crippen LogP contribution is -2.46. The van der Waals surface area contributed by atoms with E-state index in [0.717, 1.165) is 6.42 Å². The molecule has 1 amide bonds. The molecule has 8 heteroatoms. The molecule has 6 nitrogen and oxygen atoms in total. The van der Waals surface area contributed by atoms with Crippen molar-refractivity contribution < 1.29 is 17.9 Å². The summed E-state index contributed by atoms with van der Waals surface area (Å²) in [5.41, 5.74) is 2.17. The Kier molecular flexibility index (Phi) is 4.56. The molecule has 104 valence electrons. The van der Waals surface area contributed by atoms with E-state index in [1.54, 1.807) is 18.2 Å². The third kappa shape index (κ3) is 3.53. The fourth-order valence-electron chi connectivity index (χ4n) is 1.70. The van der Waals surface area contributed by atoms with Crippen LogP contribution in [0.5, 0.6) is 0 Å². The zero-order chi connectivity index (χ0) is 13.9. The number of carbonyl (C=O) groups excluding carboxylic acids is 1. The lowest BCUT2D eigenvalue weighted by Gasteiger charge is -2.12.